The van der Waals surface area contributed by atoms with Crippen molar-refractivity contribution in [2.45, 2.75) is 31.6 Å². The van der Waals surface area contributed by atoms with Crippen LogP contribution in [0, 0.1) is 11.8 Å². The lowest BCUT2D eigenvalue weighted by atomic mass is 9.92. The van der Waals surface area contributed by atoms with Gasteiger partial charge in [0.1, 0.15) is 0 Å². The molecule has 1 N–H and O–H groups in total. The normalized spacial score (nSPS) is 20.1. The van der Waals surface area contributed by atoms with E-state index in [4.69, 9.17) is 11.6 Å². The van der Waals surface area contributed by atoms with E-state index >= 15 is 0 Å². The number of pyridine rings is 1. The van der Waals surface area contributed by atoms with Crippen LogP contribution in [-0.2, 0) is 11.8 Å². The first kappa shape index (κ1) is 22.2. The number of amides is 1. The predicted molar refractivity (Wildman–Crippen MR) is 122 cm³/mol. The van der Waals surface area contributed by atoms with Gasteiger partial charge in [0.25, 0.3) is 5.56 Å². The number of likely N-dealkylation sites (tertiary alicyclic amines) is 1. The SMILES string of the molecule is CC1CC(C)CN(CCCNC(=O)CSc2cc(=O)n(C)c3cc(Cl)ccc23)C1. The van der Waals surface area contributed by atoms with Gasteiger partial charge in [0.05, 0.1) is 11.3 Å². The Morgan fingerprint density at radius 2 is 1.97 bits per heavy atom. The van der Waals surface area contributed by atoms with Gasteiger partial charge in [-0.1, -0.05) is 31.5 Å². The van der Waals surface area contributed by atoms with Crippen LogP contribution in [0.1, 0.15) is 26.7 Å². The van der Waals surface area contributed by atoms with Crippen LogP contribution in [0.5, 0.6) is 0 Å². The summed E-state index contributed by atoms with van der Waals surface area (Å²) in [5, 5.41) is 4.53. The van der Waals surface area contributed by atoms with E-state index in [0.29, 0.717) is 17.3 Å². The highest BCUT2D eigenvalue weighted by molar-refractivity contribution is 8.00. The molecular weight excluding hydrogens is 406 g/mol. The number of carbonyl (C=O) groups excluding carboxylic acids is 1. The number of benzene rings is 1. The Morgan fingerprint density at radius 3 is 2.69 bits per heavy atom. The summed E-state index contributed by atoms with van der Waals surface area (Å²) in [7, 11) is 1.73. The fourth-order valence-corrected chi connectivity index (χ4v) is 5.28. The zero-order chi connectivity index (χ0) is 21.0. The Morgan fingerprint density at radius 1 is 1.24 bits per heavy atom. The largest absolute Gasteiger partial charge is 0.355 e. The standard InChI is InChI=1S/C22H30ClN3O2S/c1-15-9-16(2)13-26(12-15)8-4-7-24-21(27)14-29-20-11-22(28)25(3)19-10-17(23)5-6-18(19)20/h5-6,10-11,15-16H,4,7-9,12-14H2,1-3H3,(H,24,27). The molecule has 2 unspecified atom stereocenters. The summed E-state index contributed by atoms with van der Waals surface area (Å²) in [6.07, 6.45) is 2.27. The van der Waals surface area contributed by atoms with E-state index in [2.05, 4.69) is 24.1 Å². The zero-order valence-electron chi connectivity index (χ0n) is 17.4. The van der Waals surface area contributed by atoms with Crippen molar-refractivity contribution in [2.75, 3.05) is 31.9 Å². The van der Waals surface area contributed by atoms with Crippen molar-refractivity contribution in [2.24, 2.45) is 18.9 Å². The number of carbonyl (C=O) groups is 1. The predicted octanol–water partition coefficient (Wildman–Crippen LogP) is 3.77. The molecule has 5 nitrogen and oxygen atoms in total. The number of fused-ring (bicyclic) bond motifs is 1. The van der Waals surface area contributed by atoms with Gasteiger partial charge in [-0.05, 0) is 43.4 Å². The molecular formula is C22H30ClN3O2S. The molecule has 1 amide bonds. The molecule has 2 heterocycles. The molecule has 0 aliphatic carbocycles. The highest BCUT2D eigenvalue weighted by Gasteiger charge is 2.21. The van der Waals surface area contributed by atoms with E-state index in [9.17, 15) is 9.59 Å². The van der Waals surface area contributed by atoms with Crippen molar-refractivity contribution < 1.29 is 4.79 Å². The Balaban J connectivity index is 1.49. The quantitative estimate of drug-likeness (QED) is 0.531. The first-order chi connectivity index (χ1) is 13.8. The molecule has 1 saturated heterocycles. The molecule has 0 spiro atoms. The van der Waals surface area contributed by atoms with Crippen LogP contribution in [-0.4, -0.2) is 47.3 Å². The average molecular weight is 436 g/mol. The van der Waals surface area contributed by atoms with E-state index in [1.807, 2.05) is 6.07 Å². The van der Waals surface area contributed by atoms with Gasteiger partial charge in [0.2, 0.25) is 5.91 Å². The lowest BCUT2D eigenvalue weighted by Gasteiger charge is -2.34. The van der Waals surface area contributed by atoms with Gasteiger partial charge in [-0.3, -0.25) is 9.59 Å². The van der Waals surface area contributed by atoms with E-state index < -0.39 is 0 Å². The average Bonchev–Trinajstić information content (AvgIpc) is 2.66. The number of piperidine rings is 1. The number of aromatic nitrogens is 1. The summed E-state index contributed by atoms with van der Waals surface area (Å²) >= 11 is 7.47. The number of aryl methyl sites for hydroxylation is 1. The number of thioether (sulfide) groups is 1. The summed E-state index contributed by atoms with van der Waals surface area (Å²) < 4.78 is 1.58. The van der Waals surface area contributed by atoms with Crippen LogP contribution in [0.25, 0.3) is 10.9 Å². The molecule has 0 saturated carbocycles. The molecule has 1 aromatic heterocycles. The minimum absolute atomic E-state index is 0.00169. The fraction of sp³-hybridized carbons (Fsp3) is 0.545. The highest BCUT2D eigenvalue weighted by atomic mass is 35.5. The third-order valence-corrected chi connectivity index (χ3v) is 6.74. The molecule has 0 bridgehead atoms. The molecule has 29 heavy (non-hydrogen) atoms. The third-order valence-electron chi connectivity index (χ3n) is 5.45. The second kappa shape index (κ2) is 10.0. The topological polar surface area (TPSA) is 54.3 Å². The first-order valence-electron chi connectivity index (χ1n) is 10.2. The minimum Gasteiger partial charge on any atom is -0.355 e. The molecule has 1 aliphatic heterocycles. The van der Waals surface area contributed by atoms with Gasteiger partial charge < -0.3 is 14.8 Å². The van der Waals surface area contributed by atoms with Gasteiger partial charge in [-0.2, -0.15) is 0 Å². The second-order valence-electron chi connectivity index (χ2n) is 8.27. The fourth-order valence-electron chi connectivity index (χ4n) is 4.21. The molecule has 7 heteroatoms. The maximum absolute atomic E-state index is 12.3. The maximum Gasteiger partial charge on any atom is 0.251 e. The number of nitrogens with zero attached hydrogens (tertiary/aromatic N) is 2. The van der Waals surface area contributed by atoms with Crippen molar-refractivity contribution in [3.8, 4) is 0 Å². The van der Waals surface area contributed by atoms with Crippen molar-refractivity contribution in [3.63, 3.8) is 0 Å². The molecule has 1 fully saturated rings. The summed E-state index contributed by atoms with van der Waals surface area (Å²) in [4.78, 5) is 27.8. The van der Waals surface area contributed by atoms with Crippen molar-refractivity contribution in [1.82, 2.24) is 14.8 Å². The van der Waals surface area contributed by atoms with Crippen LogP contribution in [0.3, 0.4) is 0 Å². The number of hydrogen-bond acceptors (Lipinski definition) is 4. The highest BCUT2D eigenvalue weighted by Crippen LogP contribution is 2.28. The van der Waals surface area contributed by atoms with Gasteiger partial charge in [-0.25, -0.2) is 0 Å². The van der Waals surface area contributed by atoms with Crippen LogP contribution in [0.2, 0.25) is 5.02 Å². The molecule has 1 aromatic carbocycles. The van der Waals surface area contributed by atoms with Crippen LogP contribution in [0.15, 0.2) is 34.0 Å². The number of nitrogens with one attached hydrogen (secondary N) is 1. The van der Waals surface area contributed by atoms with Gasteiger partial charge >= 0.3 is 0 Å². The van der Waals surface area contributed by atoms with Gasteiger partial charge in [-0.15, -0.1) is 11.8 Å². The molecule has 158 valence electrons. The van der Waals surface area contributed by atoms with Crippen molar-refractivity contribution >= 4 is 40.2 Å². The zero-order valence-corrected chi connectivity index (χ0v) is 19.0. The third kappa shape index (κ3) is 6.00. The lowest BCUT2D eigenvalue weighted by molar-refractivity contribution is -0.118. The van der Waals surface area contributed by atoms with Gasteiger partial charge in [0.15, 0.2) is 0 Å². The summed E-state index contributed by atoms with van der Waals surface area (Å²) in [5.74, 6) is 1.81. The maximum atomic E-state index is 12.3. The van der Waals surface area contributed by atoms with E-state index in [1.165, 1.54) is 18.2 Å². The first-order valence-corrected chi connectivity index (χ1v) is 11.6. The molecule has 0 radical (unpaired) electrons. The van der Waals surface area contributed by atoms with Crippen molar-refractivity contribution in [1.29, 1.82) is 0 Å². The van der Waals surface area contributed by atoms with Crippen LogP contribution in [0.4, 0.5) is 0 Å². The van der Waals surface area contributed by atoms with E-state index in [0.717, 1.165) is 53.7 Å². The summed E-state index contributed by atoms with van der Waals surface area (Å²) in [6, 6.07) is 7.08. The molecule has 2 aromatic rings. The van der Waals surface area contributed by atoms with Crippen molar-refractivity contribution in [3.05, 3.63) is 39.6 Å². The minimum atomic E-state index is -0.104. The van der Waals surface area contributed by atoms with E-state index in [-0.39, 0.29) is 11.5 Å². The van der Waals surface area contributed by atoms with Gasteiger partial charge in [0, 0.05) is 48.1 Å². The number of halogens is 1. The molecule has 2 atom stereocenters. The number of hydrogen-bond donors (Lipinski definition) is 1. The van der Waals surface area contributed by atoms with Crippen LogP contribution >= 0.6 is 23.4 Å². The van der Waals surface area contributed by atoms with Crippen LogP contribution < -0.4 is 10.9 Å². The monoisotopic (exact) mass is 435 g/mol. The Bertz CT molecular complexity index is 920. The number of rotatable bonds is 7. The Kier molecular flexibility index (Phi) is 7.66. The lowest BCUT2D eigenvalue weighted by Crippen LogP contribution is -2.40. The molecule has 3 rings (SSSR count). The Labute approximate surface area is 181 Å². The van der Waals surface area contributed by atoms with E-state index in [1.54, 1.807) is 29.8 Å². The second-order valence-corrected chi connectivity index (χ2v) is 9.72. The summed E-state index contributed by atoms with van der Waals surface area (Å²) in [6.45, 7) is 8.67. The Hall–Kier alpha value is -1.50. The smallest absolute Gasteiger partial charge is 0.251 e. The summed E-state index contributed by atoms with van der Waals surface area (Å²) in [5.41, 5.74) is 0.672. The molecule has 1 aliphatic rings.